The van der Waals surface area contributed by atoms with Crippen LogP contribution in [0.1, 0.15) is 26.7 Å². The smallest absolute Gasteiger partial charge is 0.338 e. The van der Waals surface area contributed by atoms with Crippen LogP contribution in [0.15, 0.2) is 45.1 Å². The SMILES string of the molecule is COc1c(OC/C=C(\C)C[C@@H]2C[C@](C)(O)C(=O)O2)ccc2ccc(=O)oc12. The van der Waals surface area contributed by atoms with Crippen LogP contribution in [0, 0.1) is 0 Å². The van der Waals surface area contributed by atoms with E-state index in [1.54, 1.807) is 18.2 Å². The van der Waals surface area contributed by atoms with Gasteiger partial charge in [-0.25, -0.2) is 9.59 Å². The molecule has 1 saturated heterocycles. The van der Waals surface area contributed by atoms with Gasteiger partial charge in [0.15, 0.2) is 16.9 Å². The van der Waals surface area contributed by atoms with E-state index in [0.29, 0.717) is 23.5 Å². The van der Waals surface area contributed by atoms with Crippen molar-refractivity contribution in [3.63, 3.8) is 0 Å². The van der Waals surface area contributed by atoms with Crippen LogP contribution < -0.4 is 15.1 Å². The molecule has 1 aromatic heterocycles. The Labute approximate surface area is 156 Å². The van der Waals surface area contributed by atoms with E-state index >= 15 is 0 Å². The van der Waals surface area contributed by atoms with Crippen LogP contribution >= 0.6 is 0 Å². The fourth-order valence-electron chi connectivity index (χ4n) is 3.07. The molecule has 0 aliphatic carbocycles. The second-order valence-electron chi connectivity index (χ2n) is 6.84. The van der Waals surface area contributed by atoms with Gasteiger partial charge in [-0.15, -0.1) is 0 Å². The van der Waals surface area contributed by atoms with Crippen molar-refractivity contribution in [1.29, 1.82) is 0 Å². The number of cyclic esters (lactones) is 1. The van der Waals surface area contributed by atoms with Crippen molar-refractivity contribution in [2.45, 2.75) is 38.4 Å². The van der Waals surface area contributed by atoms with Crippen molar-refractivity contribution < 1.29 is 28.5 Å². The van der Waals surface area contributed by atoms with Gasteiger partial charge < -0.3 is 23.7 Å². The Balaban J connectivity index is 1.67. The van der Waals surface area contributed by atoms with Gasteiger partial charge in [-0.05, 0) is 38.1 Å². The summed E-state index contributed by atoms with van der Waals surface area (Å²) in [5.74, 6) is 0.231. The Kier molecular flexibility index (Phi) is 5.23. The molecule has 2 aromatic rings. The standard InChI is InChI=1S/C20H22O7/c1-12(10-14-11-20(2,23)19(22)26-14)8-9-25-15-6-4-13-5-7-16(21)27-17(13)18(15)24-3/h4-8,14,23H,9-11H2,1-3H3/b12-8+/t14-,20+/m1/s1. The molecule has 1 aromatic carbocycles. The maximum Gasteiger partial charge on any atom is 0.338 e. The van der Waals surface area contributed by atoms with Gasteiger partial charge in [-0.2, -0.15) is 0 Å². The molecule has 1 fully saturated rings. The quantitative estimate of drug-likeness (QED) is 0.472. The lowest BCUT2D eigenvalue weighted by molar-refractivity contribution is -0.153. The highest BCUT2D eigenvalue weighted by atomic mass is 16.6. The van der Waals surface area contributed by atoms with Gasteiger partial charge in [0, 0.05) is 24.3 Å². The molecular formula is C20H22O7. The Morgan fingerprint density at radius 1 is 1.33 bits per heavy atom. The summed E-state index contributed by atoms with van der Waals surface area (Å²) < 4.78 is 21.5. The Morgan fingerprint density at radius 3 is 2.74 bits per heavy atom. The van der Waals surface area contributed by atoms with Crippen LogP contribution in [-0.2, 0) is 9.53 Å². The Morgan fingerprint density at radius 2 is 2.07 bits per heavy atom. The van der Waals surface area contributed by atoms with Crippen molar-refractivity contribution in [2.75, 3.05) is 13.7 Å². The number of hydrogen-bond acceptors (Lipinski definition) is 7. The third-order valence-electron chi connectivity index (χ3n) is 4.47. The molecule has 1 N–H and O–H groups in total. The number of esters is 1. The zero-order chi connectivity index (χ0) is 19.6. The minimum atomic E-state index is -1.41. The summed E-state index contributed by atoms with van der Waals surface area (Å²) in [5.41, 5.74) is -0.570. The molecule has 0 saturated carbocycles. The number of hydrogen-bond donors (Lipinski definition) is 1. The molecule has 0 spiro atoms. The number of methoxy groups -OCH3 is 1. The third-order valence-corrected chi connectivity index (χ3v) is 4.47. The number of carbonyl (C=O) groups excluding carboxylic acids is 1. The summed E-state index contributed by atoms with van der Waals surface area (Å²) >= 11 is 0. The third kappa shape index (κ3) is 4.14. The molecule has 0 bridgehead atoms. The first-order chi connectivity index (χ1) is 12.8. The van der Waals surface area contributed by atoms with Crippen molar-refractivity contribution in [3.05, 3.63) is 46.3 Å². The molecule has 2 atom stereocenters. The summed E-state index contributed by atoms with van der Waals surface area (Å²) in [5, 5.41) is 10.6. The fourth-order valence-corrected chi connectivity index (χ4v) is 3.07. The molecule has 1 aliphatic heterocycles. The predicted octanol–water partition coefficient (Wildman–Crippen LogP) is 2.58. The van der Waals surface area contributed by atoms with E-state index in [9.17, 15) is 14.7 Å². The van der Waals surface area contributed by atoms with Crippen molar-refractivity contribution in [2.24, 2.45) is 0 Å². The van der Waals surface area contributed by atoms with E-state index < -0.39 is 17.2 Å². The number of aliphatic hydroxyl groups is 1. The highest BCUT2D eigenvalue weighted by Crippen LogP contribution is 2.35. The molecule has 0 amide bonds. The van der Waals surface area contributed by atoms with Crippen molar-refractivity contribution >= 4 is 16.9 Å². The molecule has 0 radical (unpaired) electrons. The lowest BCUT2D eigenvalue weighted by Crippen LogP contribution is -2.29. The topological polar surface area (TPSA) is 95.2 Å². The lowest BCUT2D eigenvalue weighted by Gasteiger charge is -2.12. The highest BCUT2D eigenvalue weighted by Gasteiger charge is 2.43. The van der Waals surface area contributed by atoms with Crippen LogP contribution in [0.4, 0.5) is 0 Å². The molecule has 144 valence electrons. The number of ether oxygens (including phenoxy) is 3. The van der Waals surface area contributed by atoms with Crippen LogP contribution in [0.3, 0.4) is 0 Å². The Hall–Kier alpha value is -2.80. The minimum absolute atomic E-state index is 0.266. The average molecular weight is 374 g/mol. The van der Waals surface area contributed by atoms with Gasteiger partial charge in [0.05, 0.1) is 7.11 Å². The normalized spacial score (nSPS) is 22.7. The van der Waals surface area contributed by atoms with E-state index in [0.717, 1.165) is 11.0 Å². The highest BCUT2D eigenvalue weighted by molar-refractivity contribution is 5.85. The molecular weight excluding hydrogens is 352 g/mol. The molecule has 2 heterocycles. The summed E-state index contributed by atoms with van der Waals surface area (Å²) in [6.07, 6.45) is 2.32. The van der Waals surface area contributed by atoms with Crippen LogP contribution in [0.25, 0.3) is 11.0 Å². The molecule has 0 unspecified atom stereocenters. The average Bonchev–Trinajstić information content (AvgIpc) is 2.86. The predicted molar refractivity (Wildman–Crippen MR) is 98.0 cm³/mol. The second-order valence-corrected chi connectivity index (χ2v) is 6.84. The first kappa shape index (κ1) is 19.0. The van der Waals surface area contributed by atoms with E-state index in [1.165, 1.54) is 20.1 Å². The molecule has 1 aliphatic rings. The zero-order valence-corrected chi connectivity index (χ0v) is 15.5. The maximum atomic E-state index is 11.5. The second kappa shape index (κ2) is 7.44. The van der Waals surface area contributed by atoms with E-state index in [2.05, 4.69) is 0 Å². The van der Waals surface area contributed by atoms with E-state index in [-0.39, 0.29) is 19.1 Å². The van der Waals surface area contributed by atoms with Crippen molar-refractivity contribution in [1.82, 2.24) is 0 Å². The zero-order valence-electron chi connectivity index (χ0n) is 15.5. The number of carbonyl (C=O) groups is 1. The van der Waals surface area contributed by atoms with Gasteiger partial charge in [-0.1, -0.05) is 5.57 Å². The van der Waals surface area contributed by atoms with Crippen molar-refractivity contribution in [3.8, 4) is 11.5 Å². The van der Waals surface area contributed by atoms with Gasteiger partial charge >= 0.3 is 11.6 Å². The van der Waals surface area contributed by atoms with Crippen LogP contribution in [-0.4, -0.2) is 36.5 Å². The van der Waals surface area contributed by atoms with Crippen LogP contribution in [0.5, 0.6) is 11.5 Å². The molecule has 7 heteroatoms. The first-order valence-electron chi connectivity index (χ1n) is 8.63. The Bertz CT molecular complexity index is 939. The van der Waals surface area contributed by atoms with E-state index in [4.69, 9.17) is 18.6 Å². The molecule has 7 nitrogen and oxygen atoms in total. The summed E-state index contributed by atoms with van der Waals surface area (Å²) in [4.78, 5) is 23.0. The maximum absolute atomic E-state index is 11.5. The molecule has 3 rings (SSSR count). The van der Waals surface area contributed by atoms with Gasteiger partial charge in [0.1, 0.15) is 12.7 Å². The molecule has 27 heavy (non-hydrogen) atoms. The van der Waals surface area contributed by atoms with Gasteiger partial charge in [0.25, 0.3) is 0 Å². The number of rotatable bonds is 6. The lowest BCUT2D eigenvalue weighted by atomic mass is 9.99. The summed E-state index contributed by atoms with van der Waals surface area (Å²) in [7, 11) is 1.48. The fraction of sp³-hybridized carbons (Fsp3) is 0.400. The number of fused-ring (bicyclic) bond motifs is 1. The first-order valence-corrected chi connectivity index (χ1v) is 8.63. The monoisotopic (exact) mass is 374 g/mol. The summed E-state index contributed by atoms with van der Waals surface area (Å²) in [6, 6.07) is 6.55. The van der Waals surface area contributed by atoms with Crippen LogP contribution in [0.2, 0.25) is 0 Å². The summed E-state index contributed by atoms with van der Waals surface area (Å²) in [6.45, 7) is 3.63. The van der Waals surface area contributed by atoms with Gasteiger partial charge in [0.2, 0.25) is 5.75 Å². The minimum Gasteiger partial charge on any atom is -0.490 e. The van der Waals surface area contributed by atoms with E-state index in [1.807, 2.05) is 13.0 Å². The van der Waals surface area contributed by atoms with Gasteiger partial charge in [-0.3, -0.25) is 0 Å². The largest absolute Gasteiger partial charge is 0.490 e. The number of benzene rings is 1.